The number of aromatic nitrogens is 3. The Morgan fingerprint density at radius 2 is 2.19 bits per heavy atom. The van der Waals surface area contributed by atoms with E-state index in [2.05, 4.69) is 45.6 Å². The van der Waals surface area contributed by atoms with Gasteiger partial charge in [-0.1, -0.05) is 12.6 Å². The topological polar surface area (TPSA) is 65.1 Å². The maximum absolute atomic E-state index is 11.8. The van der Waals surface area contributed by atoms with Gasteiger partial charge in [-0.3, -0.25) is 9.78 Å². The van der Waals surface area contributed by atoms with Gasteiger partial charge in [-0.05, 0) is 31.1 Å². The van der Waals surface area contributed by atoms with E-state index in [4.69, 9.17) is 0 Å². The zero-order valence-electron chi connectivity index (χ0n) is 15.4. The highest BCUT2D eigenvalue weighted by atomic mass is 16.2. The smallest absolute Gasteiger partial charge is 0.245 e. The van der Waals surface area contributed by atoms with Crippen molar-refractivity contribution in [1.29, 1.82) is 0 Å². The van der Waals surface area contributed by atoms with Crippen LogP contribution in [0, 0.1) is 0 Å². The normalized spacial score (nSPS) is 15.1. The van der Waals surface area contributed by atoms with Crippen molar-refractivity contribution in [2.24, 2.45) is 0 Å². The van der Waals surface area contributed by atoms with Crippen molar-refractivity contribution in [3.63, 3.8) is 0 Å². The molecule has 1 aliphatic heterocycles. The number of fused-ring (bicyclic) bond motifs is 1. The average molecular weight is 361 g/mol. The van der Waals surface area contributed by atoms with Gasteiger partial charge in [-0.2, -0.15) is 0 Å². The summed E-state index contributed by atoms with van der Waals surface area (Å²) in [5.41, 5.74) is 4.13. The van der Waals surface area contributed by atoms with Crippen LogP contribution in [-0.4, -0.2) is 51.9 Å². The van der Waals surface area contributed by atoms with Crippen molar-refractivity contribution in [3.8, 4) is 11.1 Å². The molecule has 138 valence electrons. The van der Waals surface area contributed by atoms with E-state index in [-0.39, 0.29) is 5.91 Å². The highest BCUT2D eigenvalue weighted by Crippen LogP contribution is 2.31. The average Bonchev–Trinajstić information content (AvgIpc) is 3.16. The quantitative estimate of drug-likeness (QED) is 0.725. The number of hydrogen-bond donors (Lipinski definition) is 1. The lowest BCUT2D eigenvalue weighted by Gasteiger charge is -2.37. The van der Waals surface area contributed by atoms with E-state index < -0.39 is 0 Å². The van der Waals surface area contributed by atoms with Crippen LogP contribution in [0.1, 0.15) is 12.8 Å². The SMILES string of the molecule is C=CC(=O)N1CCC(N(C)c2cnc3[nH]cc(-c4cccnc4)c3c2)CC1. The van der Waals surface area contributed by atoms with E-state index >= 15 is 0 Å². The molecule has 4 heterocycles. The van der Waals surface area contributed by atoms with Crippen LogP contribution in [0.3, 0.4) is 0 Å². The van der Waals surface area contributed by atoms with Gasteiger partial charge in [0.2, 0.25) is 5.91 Å². The number of carbonyl (C=O) groups is 1. The van der Waals surface area contributed by atoms with Crippen molar-refractivity contribution in [1.82, 2.24) is 19.9 Å². The van der Waals surface area contributed by atoms with Gasteiger partial charge in [-0.15, -0.1) is 0 Å². The highest BCUT2D eigenvalue weighted by molar-refractivity contribution is 5.95. The fourth-order valence-electron chi connectivity index (χ4n) is 3.76. The van der Waals surface area contributed by atoms with Crippen molar-refractivity contribution in [2.75, 3.05) is 25.0 Å². The summed E-state index contributed by atoms with van der Waals surface area (Å²) in [7, 11) is 2.11. The van der Waals surface area contributed by atoms with Gasteiger partial charge in [0.05, 0.1) is 11.9 Å². The first-order chi connectivity index (χ1) is 13.2. The molecule has 0 aliphatic carbocycles. The van der Waals surface area contributed by atoms with Crippen LogP contribution in [0.2, 0.25) is 0 Å². The molecule has 6 nitrogen and oxygen atoms in total. The number of H-pyrrole nitrogens is 1. The molecule has 0 atom stereocenters. The zero-order valence-corrected chi connectivity index (χ0v) is 15.4. The van der Waals surface area contributed by atoms with E-state index in [0.717, 1.165) is 53.8 Å². The number of hydrogen-bond acceptors (Lipinski definition) is 4. The Hall–Kier alpha value is -3.15. The van der Waals surface area contributed by atoms with Crippen LogP contribution in [0.15, 0.2) is 55.6 Å². The molecule has 4 rings (SSSR count). The lowest BCUT2D eigenvalue weighted by Crippen LogP contribution is -2.45. The van der Waals surface area contributed by atoms with E-state index in [9.17, 15) is 4.79 Å². The second-order valence-corrected chi connectivity index (χ2v) is 6.91. The van der Waals surface area contributed by atoms with Crippen LogP contribution in [-0.2, 0) is 4.79 Å². The summed E-state index contributed by atoms with van der Waals surface area (Å²) in [4.78, 5) is 28.0. The molecule has 0 spiro atoms. The largest absolute Gasteiger partial charge is 0.370 e. The van der Waals surface area contributed by atoms with Gasteiger partial charge in [-0.25, -0.2) is 4.98 Å². The minimum atomic E-state index is 0.0209. The minimum absolute atomic E-state index is 0.0209. The molecule has 1 N–H and O–H groups in total. The summed E-state index contributed by atoms with van der Waals surface area (Å²) in [5.74, 6) is 0.0209. The van der Waals surface area contributed by atoms with Crippen LogP contribution < -0.4 is 4.90 Å². The summed E-state index contributed by atoms with van der Waals surface area (Å²) < 4.78 is 0. The maximum Gasteiger partial charge on any atom is 0.245 e. The molecule has 1 fully saturated rings. The number of anilines is 1. The number of nitrogens with one attached hydrogen (secondary N) is 1. The molecule has 1 saturated heterocycles. The number of amides is 1. The Morgan fingerprint density at radius 1 is 1.37 bits per heavy atom. The van der Waals surface area contributed by atoms with Gasteiger partial charge in [0.25, 0.3) is 0 Å². The summed E-state index contributed by atoms with van der Waals surface area (Å²) in [6, 6.07) is 6.57. The predicted molar refractivity (Wildman–Crippen MR) is 108 cm³/mol. The molecule has 1 amide bonds. The third-order valence-corrected chi connectivity index (χ3v) is 5.39. The maximum atomic E-state index is 11.8. The summed E-state index contributed by atoms with van der Waals surface area (Å²) in [6.45, 7) is 5.11. The molecule has 0 saturated carbocycles. The molecule has 0 bridgehead atoms. The third-order valence-electron chi connectivity index (χ3n) is 5.39. The van der Waals surface area contributed by atoms with Gasteiger partial charge < -0.3 is 14.8 Å². The fourth-order valence-corrected chi connectivity index (χ4v) is 3.76. The van der Waals surface area contributed by atoms with Crippen LogP contribution >= 0.6 is 0 Å². The van der Waals surface area contributed by atoms with E-state index in [1.165, 1.54) is 6.08 Å². The number of likely N-dealkylation sites (tertiary alicyclic amines) is 1. The molecule has 0 unspecified atom stereocenters. The minimum Gasteiger partial charge on any atom is -0.370 e. The van der Waals surface area contributed by atoms with Crippen LogP contribution in [0.25, 0.3) is 22.2 Å². The predicted octanol–water partition coefficient (Wildman–Crippen LogP) is 3.24. The Balaban J connectivity index is 1.57. The Kier molecular flexibility index (Phi) is 4.62. The zero-order chi connectivity index (χ0) is 18.8. The fraction of sp³-hybridized carbons (Fsp3) is 0.286. The van der Waals surface area contributed by atoms with Crippen molar-refractivity contribution in [2.45, 2.75) is 18.9 Å². The molecule has 0 radical (unpaired) electrons. The summed E-state index contributed by atoms with van der Waals surface area (Å²) in [5, 5.41) is 1.09. The van der Waals surface area contributed by atoms with Crippen molar-refractivity contribution >= 4 is 22.6 Å². The van der Waals surface area contributed by atoms with Gasteiger partial charge in [0, 0.05) is 61.3 Å². The lowest BCUT2D eigenvalue weighted by atomic mass is 10.0. The van der Waals surface area contributed by atoms with Gasteiger partial charge in [0.15, 0.2) is 0 Å². The summed E-state index contributed by atoms with van der Waals surface area (Å²) in [6.07, 6.45) is 10.8. The van der Waals surface area contributed by atoms with Crippen LogP contribution in [0.5, 0.6) is 0 Å². The molecular formula is C21H23N5O. The monoisotopic (exact) mass is 361 g/mol. The van der Waals surface area contributed by atoms with Gasteiger partial charge in [0.1, 0.15) is 5.65 Å². The Labute approximate surface area is 158 Å². The number of carbonyl (C=O) groups excluding carboxylic acids is 1. The second kappa shape index (κ2) is 7.23. The first-order valence-corrected chi connectivity index (χ1v) is 9.19. The number of rotatable bonds is 4. The third kappa shape index (κ3) is 3.30. The van der Waals surface area contributed by atoms with E-state index in [0.29, 0.717) is 6.04 Å². The molecule has 3 aromatic rings. The first kappa shape index (κ1) is 17.3. The molecule has 6 heteroatoms. The number of piperidine rings is 1. The van der Waals surface area contributed by atoms with Crippen LogP contribution in [0.4, 0.5) is 5.69 Å². The second-order valence-electron chi connectivity index (χ2n) is 6.91. The van der Waals surface area contributed by atoms with E-state index in [1.54, 1.807) is 6.20 Å². The van der Waals surface area contributed by atoms with E-state index in [1.807, 2.05) is 29.6 Å². The molecule has 0 aromatic carbocycles. The standard InChI is InChI=1S/C21H23N5O/c1-3-20(27)26-9-6-16(7-10-26)25(2)17-11-18-19(14-24-21(18)23-13-17)15-5-4-8-22-12-15/h3-5,8,11-14,16H,1,6-7,9-10H2,2H3,(H,23,24). The lowest BCUT2D eigenvalue weighted by molar-refractivity contribution is -0.126. The molecule has 1 aliphatic rings. The van der Waals surface area contributed by atoms with Crippen molar-refractivity contribution in [3.05, 3.63) is 55.6 Å². The van der Waals surface area contributed by atoms with Gasteiger partial charge >= 0.3 is 0 Å². The Morgan fingerprint density at radius 3 is 2.89 bits per heavy atom. The summed E-state index contributed by atoms with van der Waals surface area (Å²) >= 11 is 0. The molecule has 3 aromatic heterocycles. The first-order valence-electron chi connectivity index (χ1n) is 9.19. The number of nitrogens with zero attached hydrogens (tertiary/aromatic N) is 4. The van der Waals surface area contributed by atoms with Crippen molar-refractivity contribution < 1.29 is 4.79 Å². The number of pyridine rings is 2. The Bertz CT molecular complexity index is 957. The highest BCUT2D eigenvalue weighted by Gasteiger charge is 2.25. The molecular weight excluding hydrogens is 338 g/mol. The molecule has 27 heavy (non-hydrogen) atoms. The number of aromatic amines is 1.